The molecule has 2 aromatic rings. The summed E-state index contributed by atoms with van der Waals surface area (Å²) in [6.45, 7) is 7.02. The monoisotopic (exact) mass is 357 g/mol. The molecule has 0 aliphatic carbocycles. The van der Waals surface area contributed by atoms with Crippen molar-refractivity contribution in [3.05, 3.63) is 47.3 Å². The van der Waals surface area contributed by atoms with Crippen LogP contribution in [0.3, 0.4) is 0 Å². The molecule has 0 N–H and O–H groups in total. The van der Waals surface area contributed by atoms with Crippen molar-refractivity contribution in [2.24, 2.45) is 4.40 Å². The molecule has 1 atom stereocenters. The third kappa shape index (κ3) is 4.31. The number of aryl methyl sites for hydroxylation is 1. The molecule has 0 saturated carbocycles. The van der Waals surface area contributed by atoms with Gasteiger partial charge in [0, 0.05) is 11.9 Å². The van der Waals surface area contributed by atoms with Gasteiger partial charge in [0.2, 0.25) is 0 Å². The molecule has 1 aromatic heterocycles. The highest BCUT2D eigenvalue weighted by Gasteiger charge is 2.34. The SMILES string of the molecule is Cc1cc(C(F)(F)F)nn1-c1ccc(/C=N/[S@@](=O)C(C)(C)C)cc1. The minimum atomic E-state index is -4.47. The maximum absolute atomic E-state index is 12.7. The Morgan fingerprint density at radius 3 is 2.21 bits per heavy atom. The Bertz CT molecular complexity index is 771. The highest BCUT2D eigenvalue weighted by molar-refractivity contribution is 7.85. The molecule has 130 valence electrons. The quantitative estimate of drug-likeness (QED) is 0.777. The molecule has 0 bridgehead atoms. The van der Waals surface area contributed by atoms with Crippen molar-refractivity contribution in [3.63, 3.8) is 0 Å². The van der Waals surface area contributed by atoms with E-state index in [-0.39, 0.29) is 0 Å². The van der Waals surface area contributed by atoms with Crippen LogP contribution in [0, 0.1) is 6.92 Å². The molecule has 0 spiro atoms. The predicted octanol–water partition coefficient (Wildman–Crippen LogP) is 4.08. The lowest BCUT2D eigenvalue weighted by molar-refractivity contribution is -0.141. The van der Waals surface area contributed by atoms with Crippen LogP contribution in [0.4, 0.5) is 13.2 Å². The van der Waals surface area contributed by atoms with Crippen molar-refractivity contribution < 1.29 is 17.4 Å². The molecular formula is C16H18F3N3OS. The number of nitrogens with zero attached hydrogens (tertiary/aromatic N) is 3. The Morgan fingerprint density at radius 2 is 1.75 bits per heavy atom. The first-order valence-electron chi connectivity index (χ1n) is 7.19. The van der Waals surface area contributed by atoms with Crippen LogP contribution in [-0.2, 0) is 17.2 Å². The van der Waals surface area contributed by atoms with E-state index in [9.17, 15) is 17.4 Å². The molecule has 0 fully saturated rings. The summed E-state index contributed by atoms with van der Waals surface area (Å²) in [6, 6.07) is 7.66. The summed E-state index contributed by atoms with van der Waals surface area (Å²) in [5, 5.41) is 3.60. The Kier molecular flexibility index (Phi) is 4.98. The van der Waals surface area contributed by atoms with Crippen LogP contribution in [-0.4, -0.2) is 25.0 Å². The number of halogens is 3. The molecule has 4 nitrogen and oxygen atoms in total. The molecule has 2 rings (SSSR count). The van der Waals surface area contributed by atoms with Gasteiger partial charge in [-0.05, 0) is 51.5 Å². The summed E-state index contributed by atoms with van der Waals surface area (Å²) in [4.78, 5) is 0. The number of benzene rings is 1. The predicted molar refractivity (Wildman–Crippen MR) is 88.8 cm³/mol. The minimum Gasteiger partial charge on any atom is -0.238 e. The van der Waals surface area contributed by atoms with Gasteiger partial charge >= 0.3 is 6.18 Å². The van der Waals surface area contributed by atoms with E-state index in [4.69, 9.17) is 0 Å². The molecule has 1 aromatic carbocycles. The van der Waals surface area contributed by atoms with Crippen LogP contribution in [0.5, 0.6) is 0 Å². The largest absolute Gasteiger partial charge is 0.435 e. The van der Waals surface area contributed by atoms with Crippen LogP contribution in [0.1, 0.15) is 37.7 Å². The average Bonchev–Trinajstić information content (AvgIpc) is 2.86. The first-order valence-corrected chi connectivity index (χ1v) is 8.29. The maximum atomic E-state index is 12.7. The van der Waals surface area contributed by atoms with Gasteiger partial charge in [0.05, 0.1) is 10.4 Å². The van der Waals surface area contributed by atoms with Gasteiger partial charge in [0.15, 0.2) is 5.69 Å². The molecular weight excluding hydrogens is 339 g/mol. The Labute approximate surface area is 141 Å². The Hall–Kier alpha value is -1.96. The molecule has 0 unspecified atom stereocenters. The van der Waals surface area contributed by atoms with E-state index in [1.807, 2.05) is 20.8 Å². The fourth-order valence-corrected chi connectivity index (χ4v) is 2.38. The Morgan fingerprint density at radius 1 is 1.17 bits per heavy atom. The van der Waals surface area contributed by atoms with Crippen LogP contribution < -0.4 is 0 Å². The van der Waals surface area contributed by atoms with E-state index in [0.717, 1.165) is 6.07 Å². The normalized spacial score (nSPS) is 14.3. The standard InChI is InChI=1S/C16H18F3N3OS/c1-11-9-14(16(17,18)19)21-22(11)13-7-5-12(6-8-13)10-20-24(23)15(2,3)4/h5-10H,1-4H3/b20-10+/t24-/m0/s1. The van der Waals surface area contributed by atoms with Crippen LogP contribution in [0.25, 0.3) is 5.69 Å². The minimum absolute atomic E-state index is 0.387. The van der Waals surface area contributed by atoms with E-state index in [2.05, 4.69) is 9.50 Å². The number of aromatic nitrogens is 2. The summed E-state index contributed by atoms with van der Waals surface area (Å²) in [5.41, 5.74) is 0.679. The summed E-state index contributed by atoms with van der Waals surface area (Å²) in [6.07, 6.45) is -2.98. The third-order valence-corrected chi connectivity index (χ3v) is 4.48. The zero-order valence-corrected chi connectivity index (χ0v) is 14.6. The summed E-state index contributed by atoms with van der Waals surface area (Å²) < 4.78 is 54.8. The van der Waals surface area contributed by atoms with Crippen molar-refractivity contribution in [2.45, 2.75) is 38.6 Å². The average molecular weight is 357 g/mol. The van der Waals surface area contributed by atoms with E-state index in [0.29, 0.717) is 16.9 Å². The van der Waals surface area contributed by atoms with Crippen molar-refractivity contribution in [2.75, 3.05) is 0 Å². The molecule has 0 aliphatic heterocycles. The number of alkyl halides is 3. The van der Waals surface area contributed by atoms with Gasteiger partial charge in [-0.1, -0.05) is 12.1 Å². The smallest absolute Gasteiger partial charge is 0.238 e. The summed E-state index contributed by atoms with van der Waals surface area (Å²) in [7, 11) is -1.36. The second kappa shape index (κ2) is 6.51. The highest BCUT2D eigenvalue weighted by Crippen LogP contribution is 2.29. The van der Waals surface area contributed by atoms with E-state index in [1.54, 1.807) is 31.2 Å². The molecule has 24 heavy (non-hydrogen) atoms. The van der Waals surface area contributed by atoms with Gasteiger partial charge in [0.1, 0.15) is 11.0 Å². The van der Waals surface area contributed by atoms with Crippen LogP contribution in [0.15, 0.2) is 34.7 Å². The zero-order valence-electron chi connectivity index (χ0n) is 13.8. The molecule has 0 saturated heterocycles. The molecule has 1 heterocycles. The summed E-state index contributed by atoms with van der Waals surface area (Å²) >= 11 is 0. The van der Waals surface area contributed by atoms with Gasteiger partial charge in [-0.3, -0.25) is 0 Å². The number of hydrogen-bond acceptors (Lipinski definition) is 2. The van der Waals surface area contributed by atoms with Crippen LogP contribution >= 0.6 is 0 Å². The number of rotatable bonds is 3. The van der Waals surface area contributed by atoms with Crippen molar-refractivity contribution in [3.8, 4) is 5.69 Å². The van der Waals surface area contributed by atoms with Crippen LogP contribution in [0.2, 0.25) is 0 Å². The van der Waals surface area contributed by atoms with Crippen molar-refractivity contribution in [1.82, 2.24) is 9.78 Å². The van der Waals surface area contributed by atoms with Gasteiger partial charge < -0.3 is 0 Å². The highest BCUT2D eigenvalue weighted by atomic mass is 32.2. The number of hydrogen-bond donors (Lipinski definition) is 0. The topological polar surface area (TPSA) is 47.2 Å². The van der Waals surface area contributed by atoms with Gasteiger partial charge in [-0.25, -0.2) is 8.89 Å². The Balaban J connectivity index is 2.23. The summed E-state index contributed by atoms with van der Waals surface area (Å²) in [5.74, 6) is 0. The maximum Gasteiger partial charge on any atom is 0.435 e. The molecule has 0 radical (unpaired) electrons. The van der Waals surface area contributed by atoms with Gasteiger partial charge in [-0.15, -0.1) is 0 Å². The second-order valence-electron chi connectivity index (χ2n) is 6.27. The second-order valence-corrected chi connectivity index (χ2v) is 8.20. The lowest BCUT2D eigenvalue weighted by Crippen LogP contribution is -2.19. The molecule has 8 heteroatoms. The molecule has 0 aliphatic rings. The van der Waals surface area contributed by atoms with E-state index < -0.39 is 27.6 Å². The third-order valence-electron chi connectivity index (χ3n) is 3.14. The van der Waals surface area contributed by atoms with Crippen molar-refractivity contribution in [1.29, 1.82) is 0 Å². The fraction of sp³-hybridized carbons (Fsp3) is 0.375. The van der Waals surface area contributed by atoms with E-state index in [1.165, 1.54) is 10.9 Å². The zero-order chi connectivity index (χ0) is 18.1. The first-order chi connectivity index (χ1) is 11.0. The van der Waals surface area contributed by atoms with Gasteiger partial charge in [-0.2, -0.15) is 22.7 Å². The van der Waals surface area contributed by atoms with Gasteiger partial charge in [0.25, 0.3) is 0 Å². The lowest BCUT2D eigenvalue weighted by atomic mass is 10.2. The first kappa shape index (κ1) is 18.4. The lowest BCUT2D eigenvalue weighted by Gasteiger charge is -2.12. The van der Waals surface area contributed by atoms with E-state index >= 15 is 0 Å². The fourth-order valence-electron chi connectivity index (χ4n) is 1.84. The van der Waals surface area contributed by atoms with Crippen molar-refractivity contribution >= 4 is 17.2 Å². The molecule has 0 amide bonds.